The number of rotatable bonds is 1. The van der Waals surface area contributed by atoms with Gasteiger partial charge in [0.05, 0.1) is 6.42 Å². The first-order valence-electron chi connectivity index (χ1n) is 5.09. The maximum absolute atomic E-state index is 11.1. The van der Waals surface area contributed by atoms with Crippen LogP contribution in [0.5, 0.6) is 0 Å². The maximum atomic E-state index is 11.1. The summed E-state index contributed by atoms with van der Waals surface area (Å²) in [5.74, 6) is -1.85. The molecule has 4 heteroatoms. The Morgan fingerprint density at radius 2 is 2.00 bits per heavy atom. The van der Waals surface area contributed by atoms with Gasteiger partial charge in [-0.2, -0.15) is 0 Å². The summed E-state index contributed by atoms with van der Waals surface area (Å²) in [6.45, 7) is 0. The summed E-state index contributed by atoms with van der Waals surface area (Å²) in [5, 5.41) is 9.02. The lowest BCUT2D eigenvalue weighted by molar-refractivity contribution is -0.157. The Labute approximate surface area is 82.2 Å². The number of aliphatic carboxylic acids is 1. The lowest BCUT2D eigenvalue weighted by Gasteiger charge is -2.34. The Bertz CT molecular complexity index is 265. The molecule has 78 valence electrons. The van der Waals surface area contributed by atoms with E-state index < -0.39 is 17.5 Å². The molecule has 1 spiro atoms. The van der Waals surface area contributed by atoms with Crippen LogP contribution >= 0.6 is 0 Å². The Morgan fingerprint density at radius 3 is 2.57 bits per heavy atom. The molecule has 0 aromatic carbocycles. The lowest BCUT2D eigenvalue weighted by atomic mass is 9.76. The molecule has 2 fully saturated rings. The highest BCUT2D eigenvalue weighted by Gasteiger charge is 2.52. The van der Waals surface area contributed by atoms with Crippen LogP contribution in [-0.4, -0.2) is 22.6 Å². The zero-order chi connectivity index (χ0) is 10.2. The largest absolute Gasteiger partial charge is 0.481 e. The molecule has 0 unspecified atom stereocenters. The quantitative estimate of drug-likeness (QED) is 0.646. The van der Waals surface area contributed by atoms with Gasteiger partial charge in [-0.05, 0) is 25.7 Å². The summed E-state index contributed by atoms with van der Waals surface area (Å²) in [6.07, 6.45) is 4.54. The van der Waals surface area contributed by atoms with E-state index in [4.69, 9.17) is 9.84 Å². The highest BCUT2D eigenvalue weighted by atomic mass is 16.6. The monoisotopic (exact) mass is 198 g/mol. The van der Waals surface area contributed by atoms with Gasteiger partial charge >= 0.3 is 11.9 Å². The Kier molecular flexibility index (Phi) is 2.21. The molecule has 2 aliphatic rings. The number of carbonyl (C=O) groups is 2. The van der Waals surface area contributed by atoms with Crippen LogP contribution in [0.15, 0.2) is 0 Å². The summed E-state index contributed by atoms with van der Waals surface area (Å²) in [5.41, 5.74) is -0.666. The average molecular weight is 198 g/mol. The summed E-state index contributed by atoms with van der Waals surface area (Å²) in [4.78, 5) is 22.1. The van der Waals surface area contributed by atoms with Gasteiger partial charge in [-0.1, -0.05) is 6.42 Å². The number of carboxylic acid groups (broad SMARTS) is 1. The third-order valence-corrected chi connectivity index (χ3v) is 3.32. The van der Waals surface area contributed by atoms with Crippen LogP contribution in [-0.2, 0) is 14.3 Å². The molecular weight excluding hydrogens is 184 g/mol. The fourth-order valence-corrected chi connectivity index (χ4v) is 2.61. The van der Waals surface area contributed by atoms with Crippen molar-refractivity contribution in [1.29, 1.82) is 0 Å². The van der Waals surface area contributed by atoms with Gasteiger partial charge in [0.1, 0.15) is 11.5 Å². The molecule has 4 nitrogen and oxygen atoms in total. The smallest absolute Gasteiger partial charge is 0.311 e. The molecule has 1 heterocycles. The number of hydrogen-bond acceptors (Lipinski definition) is 3. The molecule has 2 rings (SSSR count). The minimum absolute atomic E-state index is 0.0509. The van der Waals surface area contributed by atoms with Gasteiger partial charge in [-0.15, -0.1) is 0 Å². The van der Waals surface area contributed by atoms with E-state index in [1.54, 1.807) is 0 Å². The fourth-order valence-electron chi connectivity index (χ4n) is 2.61. The van der Waals surface area contributed by atoms with E-state index in [0.29, 0.717) is 0 Å². The predicted molar refractivity (Wildman–Crippen MR) is 47.7 cm³/mol. The van der Waals surface area contributed by atoms with Gasteiger partial charge in [0.25, 0.3) is 0 Å². The van der Waals surface area contributed by atoms with E-state index in [9.17, 15) is 9.59 Å². The van der Waals surface area contributed by atoms with Gasteiger partial charge in [-0.3, -0.25) is 9.59 Å². The average Bonchev–Trinajstić information content (AvgIpc) is 2.44. The van der Waals surface area contributed by atoms with Crippen molar-refractivity contribution < 1.29 is 19.4 Å². The second kappa shape index (κ2) is 3.26. The molecule has 1 saturated carbocycles. The lowest BCUT2D eigenvalue weighted by Crippen LogP contribution is -2.41. The minimum Gasteiger partial charge on any atom is -0.481 e. The number of carbonyl (C=O) groups excluding carboxylic acids is 1. The zero-order valence-corrected chi connectivity index (χ0v) is 7.99. The maximum Gasteiger partial charge on any atom is 0.311 e. The van der Waals surface area contributed by atoms with Gasteiger partial charge < -0.3 is 9.84 Å². The molecule has 0 bridgehead atoms. The first-order chi connectivity index (χ1) is 6.64. The van der Waals surface area contributed by atoms with Crippen molar-refractivity contribution in [3.05, 3.63) is 0 Å². The van der Waals surface area contributed by atoms with Crippen LogP contribution in [0.3, 0.4) is 0 Å². The van der Waals surface area contributed by atoms with Crippen LogP contribution in [0.4, 0.5) is 0 Å². The van der Waals surface area contributed by atoms with Gasteiger partial charge in [0, 0.05) is 0 Å². The summed E-state index contributed by atoms with van der Waals surface area (Å²) in [7, 11) is 0. The molecule has 1 aliphatic carbocycles. The van der Waals surface area contributed by atoms with Crippen molar-refractivity contribution in [2.24, 2.45) is 5.92 Å². The highest BCUT2D eigenvalue weighted by Crippen LogP contribution is 2.44. The second-order valence-corrected chi connectivity index (χ2v) is 4.19. The van der Waals surface area contributed by atoms with E-state index in [1.807, 2.05) is 0 Å². The predicted octanol–water partition coefficient (Wildman–Crippen LogP) is 1.34. The first-order valence-corrected chi connectivity index (χ1v) is 5.09. The van der Waals surface area contributed by atoms with Gasteiger partial charge in [0.15, 0.2) is 0 Å². The van der Waals surface area contributed by atoms with Crippen LogP contribution in [0.1, 0.15) is 38.5 Å². The van der Waals surface area contributed by atoms with Crippen molar-refractivity contribution in [2.45, 2.75) is 44.1 Å². The molecule has 0 radical (unpaired) electrons. The van der Waals surface area contributed by atoms with Crippen LogP contribution in [0, 0.1) is 5.92 Å². The molecule has 1 saturated heterocycles. The van der Waals surface area contributed by atoms with Crippen molar-refractivity contribution in [3.63, 3.8) is 0 Å². The second-order valence-electron chi connectivity index (χ2n) is 4.19. The van der Waals surface area contributed by atoms with Gasteiger partial charge in [0.2, 0.25) is 0 Å². The minimum atomic E-state index is -0.891. The third kappa shape index (κ3) is 1.38. The zero-order valence-electron chi connectivity index (χ0n) is 7.99. The van der Waals surface area contributed by atoms with Crippen molar-refractivity contribution in [3.8, 4) is 0 Å². The van der Waals surface area contributed by atoms with Crippen molar-refractivity contribution >= 4 is 11.9 Å². The Morgan fingerprint density at radius 1 is 1.36 bits per heavy atom. The molecule has 0 amide bonds. The number of carboxylic acids is 1. The van der Waals surface area contributed by atoms with Crippen molar-refractivity contribution in [2.75, 3.05) is 0 Å². The van der Waals surface area contributed by atoms with E-state index in [-0.39, 0.29) is 12.4 Å². The van der Waals surface area contributed by atoms with E-state index >= 15 is 0 Å². The molecule has 14 heavy (non-hydrogen) atoms. The molecule has 1 N–H and O–H groups in total. The summed E-state index contributed by atoms with van der Waals surface area (Å²) >= 11 is 0. The normalized spacial score (nSPS) is 30.3. The summed E-state index contributed by atoms with van der Waals surface area (Å²) in [6, 6.07) is 0. The Balaban J connectivity index is 2.21. The molecular formula is C10H14O4. The SMILES string of the molecule is O=C1C[C@H](C(=O)O)C2(CCCCC2)O1. The summed E-state index contributed by atoms with van der Waals surface area (Å²) < 4.78 is 5.24. The number of esters is 1. The molecule has 0 aromatic rings. The molecule has 1 aliphatic heterocycles. The van der Waals surface area contributed by atoms with Crippen LogP contribution in [0.25, 0.3) is 0 Å². The van der Waals surface area contributed by atoms with E-state index in [2.05, 4.69) is 0 Å². The van der Waals surface area contributed by atoms with Crippen LogP contribution in [0.2, 0.25) is 0 Å². The van der Waals surface area contributed by atoms with Crippen molar-refractivity contribution in [1.82, 2.24) is 0 Å². The Hall–Kier alpha value is -1.06. The van der Waals surface area contributed by atoms with E-state index in [1.165, 1.54) is 0 Å². The number of hydrogen-bond donors (Lipinski definition) is 1. The molecule has 1 atom stereocenters. The van der Waals surface area contributed by atoms with Crippen LogP contribution < -0.4 is 0 Å². The molecule has 0 aromatic heterocycles. The fraction of sp³-hybridized carbons (Fsp3) is 0.800. The standard InChI is InChI=1S/C10H14O4/c11-8-6-7(9(12)13)10(14-8)4-2-1-3-5-10/h7H,1-6H2,(H,12,13)/t7-/m1/s1. The van der Waals surface area contributed by atoms with Gasteiger partial charge in [-0.25, -0.2) is 0 Å². The highest BCUT2D eigenvalue weighted by molar-refractivity contribution is 5.83. The number of ether oxygens (including phenoxy) is 1. The first kappa shape index (κ1) is 9.49. The van der Waals surface area contributed by atoms with E-state index in [0.717, 1.165) is 32.1 Å². The topological polar surface area (TPSA) is 63.6 Å². The third-order valence-electron chi connectivity index (χ3n) is 3.32.